The Bertz CT molecular complexity index is 517. The second-order valence-electron chi connectivity index (χ2n) is 4.21. The number of carbonyl (C=O) groups is 1. The molecule has 2 heterocycles. The first-order valence-electron chi connectivity index (χ1n) is 5.36. The van der Waals surface area contributed by atoms with Crippen LogP contribution in [0.15, 0.2) is 30.5 Å². The standard InChI is InChI=1S/C12H11FN2OSe/c1-7-5-10(12(16)14-7)15-6-8-3-2-4-9(13)11(8)17-15/h2-4,10H,1,5-6H2,(H,14,16). The topological polar surface area (TPSA) is 32.3 Å². The number of halogens is 1. The molecule has 0 spiro atoms. The molecule has 3 rings (SSSR count). The summed E-state index contributed by atoms with van der Waals surface area (Å²) in [6, 6.07) is 4.97. The van der Waals surface area contributed by atoms with Crippen LogP contribution in [0.4, 0.5) is 4.39 Å². The van der Waals surface area contributed by atoms with E-state index < -0.39 is 0 Å². The fraction of sp³-hybridized carbons (Fsp3) is 0.250. The van der Waals surface area contributed by atoms with Gasteiger partial charge in [0.15, 0.2) is 0 Å². The third kappa shape index (κ3) is 1.80. The molecule has 0 aromatic heterocycles. The van der Waals surface area contributed by atoms with Gasteiger partial charge in [-0.2, -0.15) is 0 Å². The van der Waals surface area contributed by atoms with Crippen LogP contribution >= 0.6 is 0 Å². The molecule has 2 aliphatic heterocycles. The zero-order valence-corrected chi connectivity index (χ0v) is 10.8. The fourth-order valence-electron chi connectivity index (χ4n) is 2.14. The van der Waals surface area contributed by atoms with Gasteiger partial charge < -0.3 is 0 Å². The summed E-state index contributed by atoms with van der Waals surface area (Å²) in [6.45, 7) is 4.43. The van der Waals surface area contributed by atoms with Crippen LogP contribution in [0.25, 0.3) is 0 Å². The van der Waals surface area contributed by atoms with Crippen LogP contribution in [0, 0.1) is 5.82 Å². The maximum absolute atomic E-state index is 13.6. The van der Waals surface area contributed by atoms with E-state index in [0.29, 0.717) is 13.0 Å². The van der Waals surface area contributed by atoms with E-state index in [1.54, 1.807) is 6.07 Å². The van der Waals surface area contributed by atoms with Gasteiger partial charge in [-0.25, -0.2) is 0 Å². The summed E-state index contributed by atoms with van der Waals surface area (Å²) in [6.07, 6.45) is 0.635. The first-order chi connectivity index (χ1) is 8.15. The summed E-state index contributed by atoms with van der Waals surface area (Å²) in [5, 5.41) is 2.73. The van der Waals surface area contributed by atoms with Crippen molar-refractivity contribution in [1.82, 2.24) is 9.23 Å². The number of hydrogen-bond acceptors (Lipinski definition) is 2. The summed E-state index contributed by atoms with van der Waals surface area (Å²) < 4.78 is 16.4. The molecule has 1 amide bonds. The number of hydrogen-bond donors (Lipinski definition) is 1. The first-order valence-corrected chi connectivity index (χ1v) is 6.98. The van der Waals surface area contributed by atoms with Crippen molar-refractivity contribution in [3.05, 3.63) is 41.9 Å². The molecular formula is C12H11FN2OSe. The third-order valence-electron chi connectivity index (χ3n) is 2.97. The molecule has 0 aliphatic carbocycles. The molecule has 1 N–H and O–H groups in total. The number of carbonyl (C=O) groups excluding carboxylic acids is 1. The SMILES string of the molecule is C=C1CC(N2Cc3cccc(F)c3[Se]2)C(=O)N1. The van der Waals surface area contributed by atoms with Gasteiger partial charge in [0.2, 0.25) is 0 Å². The Morgan fingerprint density at radius 2 is 2.35 bits per heavy atom. The Morgan fingerprint density at radius 1 is 1.53 bits per heavy atom. The van der Waals surface area contributed by atoms with E-state index in [1.165, 1.54) is 6.07 Å². The molecule has 2 aliphatic rings. The van der Waals surface area contributed by atoms with Gasteiger partial charge in [-0.05, 0) is 0 Å². The van der Waals surface area contributed by atoms with Crippen LogP contribution in [0.2, 0.25) is 0 Å². The predicted octanol–water partition coefficient (Wildman–Crippen LogP) is 0.288. The van der Waals surface area contributed by atoms with Crippen molar-refractivity contribution >= 4 is 25.5 Å². The number of benzene rings is 1. The minimum atomic E-state index is -0.172. The minimum absolute atomic E-state index is 0.00918. The zero-order valence-electron chi connectivity index (χ0n) is 9.07. The molecule has 1 aromatic carbocycles. The first kappa shape index (κ1) is 11.0. The molecule has 5 heteroatoms. The van der Waals surface area contributed by atoms with Gasteiger partial charge in [0.25, 0.3) is 0 Å². The zero-order chi connectivity index (χ0) is 12.0. The van der Waals surface area contributed by atoms with E-state index in [2.05, 4.69) is 15.8 Å². The van der Waals surface area contributed by atoms with Gasteiger partial charge in [0.05, 0.1) is 0 Å². The molecule has 88 valence electrons. The molecule has 1 unspecified atom stereocenters. The van der Waals surface area contributed by atoms with E-state index in [4.69, 9.17) is 0 Å². The number of nitrogens with zero attached hydrogens (tertiary/aromatic N) is 1. The van der Waals surface area contributed by atoms with Crippen molar-refractivity contribution in [1.29, 1.82) is 0 Å². The van der Waals surface area contributed by atoms with Crippen molar-refractivity contribution in [3.63, 3.8) is 0 Å². The van der Waals surface area contributed by atoms with Gasteiger partial charge in [0.1, 0.15) is 0 Å². The number of rotatable bonds is 1. The maximum atomic E-state index is 13.6. The third-order valence-corrected chi connectivity index (χ3v) is 5.61. The van der Waals surface area contributed by atoms with Crippen LogP contribution in [-0.2, 0) is 11.3 Å². The van der Waals surface area contributed by atoms with Crippen LogP contribution in [-0.4, -0.2) is 31.0 Å². The van der Waals surface area contributed by atoms with Crippen molar-refractivity contribution < 1.29 is 9.18 Å². The molecule has 3 nitrogen and oxygen atoms in total. The Balaban J connectivity index is 1.85. The summed E-state index contributed by atoms with van der Waals surface area (Å²) in [5.74, 6) is -0.160. The van der Waals surface area contributed by atoms with Gasteiger partial charge >= 0.3 is 105 Å². The molecule has 1 saturated heterocycles. The Morgan fingerprint density at radius 3 is 3.00 bits per heavy atom. The molecule has 1 atom stereocenters. The normalized spacial score (nSPS) is 23.9. The van der Waals surface area contributed by atoms with Gasteiger partial charge in [-0.15, -0.1) is 0 Å². The Labute approximate surface area is 105 Å². The molecule has 1 fully saturated rings. The van der Waals surface area contributed by atoms with Crippen LogP contribution in [0.1, 0.15) is 12.0 Å². The van der Waals surface area contributed by atoms with E-state index in [9.17, 15) is 9.18 Å². The van der Waals surface area contributed by atoms with Crippen molar-refractivity contribution in [2.24, 2.45) is 0 Å². The van der Waals surface area contributed by atoms with Gasteiger partial charge in [0, 0.05) is 0 Å². The monoisotopic (exact) mass is 298 g/mol. The van der Waals surface area contributed by atoms with Gasteiger partial charge in [-0.3, -0.25) is 0 Å². The quantitative estimate of drug-likeness (QED) is 0.756. The predicted molar refractivity (Wildman–Crippen MR) is 63.0 cm³/mol. The molecular weight excluding hydrogens is 286 g/mol. The van der Waals surface area contributed by atoms with Gasteiger partial charge in [-0.1, -0.05) is 0 Å². The van der Waals surface area contributed by atoms with Crippen LogP contribution < -0.4 is 9.78 Å². The summed E-state index contributed by atoms with van der Waals surface area (Å²) in [4.78, 5) is 11.7. The molecule has 1 aromatic rings. The van der Waals surface area contributed by atoms with Crippen molar-refractivity contribution in [3.8, 4) is 0 Å². The average molecular weight is 297 g/mol. The number of nitrogens with one attached hydrogen (secondary N) is 1. The van der Waals surface area contributed by atoms with E-state index in [1.807, 2.05) is 6.07 Å². The molecule has 0 radical (unpaired) electrons. The van der Waals surface area contributed by atoms with Crippen molar-refractivity contribution in [2.45, 2.75) is 19.0 Å². The number of fused-ring (bicyclic) bond motifs is 1. The van der Waals surface area contributed by atoms with Crippen LogP contribution in [0.5, 0.6) is 0 Å². The number of amides is 1. The van der Waals surface area contributed by atoms with Crippen LogP contribution in [0.3, 0.4) is 0 Å². The van der Waals surface area contributed by atoms with E-state index in [0.717, 1.165) is 15.7 Å². The summed E-state index contributed by atoms with van der Waals surface area (Å²) in [5.41, 5.74) is 1.77. The summed E-state index contributed by atoms with van der Waals surface area (Å²) in [7, 11) is 0. The second-order valence-corrected chi connectivity index (χ2v) is 6.43. The molecule has 0 saturated carbocycles. The fourth-order valence-corrected chi connectivity index (χ4v) is 4.53. The Hall–Kier alpha value is -1.16. The Kier molecular flexibility index (Phi) is 2.54. The second kappa shape index (κ2) is 3.95. The molecule has 17 heavy (non-hydrogen) atoms. The average Bonchev–Trinajstić information content (AvgIpc) is 2.82. The van der Waals surface area contributed by atoms with Crippen molar-refractivity contribution in [2.75, 3.05) is 0 Å². The summed E-state index contributed by atoms with van der Waals surface area (Å²) >= 11 is -0.104. The van der Waals surface area contributed by atoms with E-state index in [-0.39, 0.29) is 32.9 Å². The van der Waals surface area contributed by atoms with E-state index >= 15 is 0 Å². The molecule has 0 bridgehead atoms.